The van der Waals surface area contributed by atoms with Gasteiger partial charge in [0.05, 0.1) is 28.3 Å². The van der Waals surface area contributed by atoms with Crippen LogP contribution in [0.15, 0.2) is 57.3 Å². The van der Waals surface area contributed by atoms with Crippen molar-refractivity contribution in [1.29, 1.82) is 5.41 Å². The molecule has 2 aromatic carbocycles. The molecule has 0 saturated carbocycles. The third-order valence-electron chi connectivity index (χ3n) is 4.00. The van der Waals surface area contributed by atoms with Gasteiger partial charge in [0.2, 0.25) is 0 Å². The van der Waals surface area contributed by atoms with Crippen LogP contribution in [0, 0.1) is 11.2 Å². The van der Waals surface area contributed by atoms with E-state index in [4.69, 9.17) is 10.1 Å². The largest absolute Gasteiger partial charge is 0.495 e. The monoisotopic (exact) mass is 428 g/mol. The van der Waals surface area contributed by atoms with Crippen LogP contribution in [0.4, 0.5) is 23.2 Å². The minimum absolute atomic E-state index is 0.173. The molecule has 1 N–H and O–H groups in total. The van der Waals surface area contributed by atoms with Gasteiger partial charge >= 0.3 is 6.18 Å². The maximum Gasteiger partial charge on any atom is 0.416 e. The van der Waals surface area contributed by atoms with Gasteiger partial charge in [-0.15, -0.1) is 11.8 Å². The molecular weight excluding hydrogens is 412 g/mol. The summed E-state index contributed by atoms with van der Waals surface area (Å²) in [6.07, 6.45) is -3.52. The van der Waals surface area contributed by atoms with Crippen LogP contribution in [-0.4, -0.2) is 25.6 Å². The highest BCUT2D eigenvalue weighted by molar-refractivity contribution is 8.07. The first kappa shape index (κ1) is 20.6. The summed E-state index contributed by atoms with van der Waals surface area (Å²) in [5, 5.41) is 8.43. The molecule has 1 aliphatic rings. The van der Waals surface area contributed by atoms with Gasteiger partial charge in [0.15, 0.2) is 0 Å². The van der Waals surface area contributed by atoms with Crippen molar-refractivity contribution in [3.63, 3.8) is 0 Å². The first-order valence-electron chi connectivity index (χ1n) is 8.18. The highest BCUT2D eigenvalue weighted by Crippen LogP contribution is 2.43. The first-order valence-corrected chi connectivity index (χ1v) is 9.98. The molecule has 0 aliphatic carbocycles. The molecule has 28 heavy (non-hydrogen) atoms. The van der Waals surface area contributed by atoms with E-state index < -0.39 is 17.6 Å². The summed E-state index contributed by atoms with van der Waals surface area (Å²) in [6.45, 7) is 0.642. The lowest BCUT2D eigenvalue weighted by molar-refractivity contribution is -0.137. The van der Waals surface area contributed by atoms with Gasteiger partial charge in [0.1, 0.15) is 11.6 Å². The Bertz CT molecular complexity index is 915. The number of nitrogens with zero attached hydrogens (tertiary/aromatic N) is 1. The molecule has 1 saturated heterocycles. The van der Waals surface area contributed by atoms with Gasteiger partial charge in [-0.1, -0.05) is 23.9 Å². The van der Waals surface area contributed by atoms with Crippen LogP contribution >= 0.6 is 23.5 Å². The van der Waals surface area contributed by atoms with Crippen LogP contribution in [0.5, 0.6) is 5.75 Å². The zero-order valence-corrected chi connectivity index (χ0v) is 16.3. The Kier molecular flexibility index (Phi) is 6.24. The number of benzene rings is 2. The predicted molar refractivity (Wildman–Crippen MR) is 106 cm³/mol. The second-order valence-corrected chi connectivity index (χ2v) is 7.90. The highest BCUT2D eigenvalue weighted by Gasteiger charge is 2.32. The number of hydrogen-bond donors (Lipinski definition) is 1. The number of anilines is 1. The number of halogens is 4. The van der Waals surface area contributed by atoms with Crippen LogP contribution in [-0.2, 0) is 6.18 Å². The number of para-hydroxylation sites is 2. The van der Waals surface area contributed by atoms with E-state index in [9.17, 15) is 17.6 Å². The fourth-order valence-corrected chi connectivity index (χ4v) is 4.87. The molecule has 0 unspecified atom stereocenters. The Morgan fingerprint density at radius 1 is 1.25 bits per heavy atom. The van der Waals surface area contributed by atoms with E-state index in [1.165, 1.54) is 11.8 Å². The van der Waals surface area contributed by atoms with Crippen LogP contribution in [0.1, 0.15) is 5.56 Å². The molecule has 3 nitrogen and oxygen atoms in total. The van der Waals surface area contributed by atoms with Crippen molar-refractivity contribution in [3.05, 3.63) is 63.8 Å². The smallest absolute Gasteiger partial charge is 0.416 e. The summed E-state index contributed by atoms with van der Waals surface area (Å²) in [6, 6.07) is 9.64. The fraction of sp³-hybridized carbons (Fsp3) is 0.211. The van der Waals surface area contributed by atoms with Gasteiger partial charge < -0.3 is 15.0 Å². The van der Waals surface area contributed by atoms with Crippen LogP contribution in [0.25, 0.3) is 0 Å². The zero-order chi connectivity index (χ0) is 20.3. The van der Waals surface area contributed by atoms with Gasteiger partial charge in [-0.2, -0.15) is 13.2 Å². The van der Waals surface area contributed by atoms with Gasteiger partial charge in [-0.05, 0) is 30.3 Å². The molecule has 3 rings (SSSR count). The number of hydrogen-bond acceptors (Lipinski definition) is 5. The SMILES string of the molecule is COc1ccccc1N1CCS/C1=C(/C=N)Sc1cc(C(F)(F)F)ccc1F. The maximum atomic E-state index is 14.2. The zero-order valence-electron chi connectivity index (χ0n) is 14.7. The number of methoxy groups -OCH3 is 1. The Morgan fingerprint density at radius 2 is 2.00 bits per heavy atom. The minimum Gasteiger partial charge on any atom is -0.495 e. The van der Waals surface area contributed by atoms with E-state index in [-0.39, 0.29) is 4.90 Å². The third-order valence-corrected chi connectivity index (χ3v) is 6.29. The Labute approximate surface area is 168 Å². The average Bonchev–Trinajstić information content (AvgIpc) is 3.15. The molecule has 0 atom stereocenters. The molecule has 1 fully saturated rings. The molecule has 9 heteroatoms. The van der Waals surface area contributed by atoms with E-state index in [1.54, 1.807) is 13.2 Å². The van der Waals surface area contributed by atoms with Crippen molar-refractivity contribution in [2.45, 2.75) is 11.1 Å². The van der Waals surface area contributed by atoms with E-state index in [1.807, 2.05) is 23.1 Å². The predicted octanol–water partition coefficient (Wildman–Crippen LogP) is 6.02. The summed E-state index contributed by atoms with van der Waals surface area (Å²) in [5.74, 6) is 0.614. The summed E-state index contributed by atoms with van der Waals surface area (Å²) in [5.41, 5.74) is -0.138. The van der Waals surface area contributed by atoms with Crippen molar-refractivity contribution in [3.8, 4) is 5.75 Å². The van der Waals surface area contributed by atoms with Crippen molar-refractivity contribution in [1.82, 2.24) is 0 Å². The van der Waals surface area contributed by atoms with Gasteiger partial charge in [0.25, 0.3) is 0 Å². The van der Waals surface area contributed by atoms with E-state index >= 15 is 0 Å². The van der Waals surface area contributed by atoms with Gasteiger partial charge in [0, 0.05) is 23.4 Å². The molecule has 148 valence electrons. The van der Waals surface area contributed by atoms with Crippen molar-refractivity contribution >= 4 is 35.4 Å². The molecule has 0 radical (unpaired) electrons. The minimum atomic E-state index is -4.56. The molecule has 1 aliphatic heterocycles. The Morgan fingerprint density at radius 3 is 2.68 bits per heavy atom. The summed E-state index contributed by atoms with van der Waals surface area (Å²) >= 11 is 2.28. The topological polar surface area (TPSA) is 36.3 Å². The lowest BCUT2D eigenvalue weighted by atomic mass is 10.2. The van der Waals surface area contributed by atoms with Gasteiger partial charge in [-0.3, -0.25) is 0 Å². The molecular formula is C19H16F4N2OS2. The number of ether oxygens (including phenoxy) is 1. The Balaban J connectivity index is 2.00. The maximum absolute atomic E-state index is 14.2. The van der Waals surface area contributed by atoms with Crippen LogP contribution < -0.4 is 9.64 Å². The van der Waals surface area contributed by atoms with E-state index in [2.05, 4.69) is 0 Å². The summed E-state index contributed by atoms with van der Waals surface area (Å²) in [7, 11) is 1.55. The Hall–Kier alpha value is -2.13. The molecule has 0 aromatic heterocycles. The quantitative estimate of drug-likeness (QED) is 0.359. The molecule has 0 amide bonds. The highest BCUT2D eigenvalue weighted by atomic mass is 32.2. The second-order valence-electron chi connectivity index (χ2n) is 5.73. The third kappa shape index (κ3) is 4.30. The van der Waals surface area contributed by atoms with Crippen LogP contribution in [0.3, 0.4) is 0 Å². The van der Waals surface area contributed by atoms with Crippen LogP contribution in [0.2, 0.25) is 0 Å². The fourth-order valence-electron chi connectivity index (χ4n) is 2.71. The van der Waals surface area contributed by atoms with E-state index in [0.29, 0.717) is 28.3 Å². The lowest BCUT2D eigenvalue weighted by Gasteiger charge is -2.23. The number of alkyl halides is 3. The number of thioether (sulfide) groups is 2. The molecule has 0 spiro atoms. The summed E-state index contributed by atoms with van der Waals surface area (Å²) in [4.78, 5) is 2.13. The molecule has 0 bridgehead atoms. The molecule has 1 heterocycles. The second kappa shape index (κ2) is 8.48. The van der Waals surface area contributed by atoms with Gasteiger partial charge in [-0.25, -0.2) is 4.39 Å². The lowest BCUT2D eigenvalue weighted by Crippen LogP contribution is -2.18. The summed E-state index contributed by atoms with van der Waals surface area (Å²) < 4.78 is 58.5. The van der Waals surface area contributed by atoms with Crippen molar-refractivity contribution in [2.75, 3.05) is 24.3 Å². The first-order chi connectivity index (χ1) is 13.3. The standard InChI is InChI=1S/C19H16F4N2OS2/c1-26-15-5-3-2-4-14(15)25-8-9-27-18(25)17(11-24)28-16-10-12(19(21,22)23)6-7-13(16)20/h2-7,10-11,24H,8-9H2,1H3/b18-17-,24-11?. The number of nitrogens with one attached hydrogen (secondary N) is 1. The normalized spacial score (nSPS) is 16.2. The number of allylic oxidation sites excluding steroid dienone is 1. The number of rotatable bonds is 5. The van der Waals surface area contributed by atoms with Crippen molar-refractivity contribution < 1.29 is 22.3 Å². The average molecular weight is 428 g/mol. The van der Waals surface area contributed by atoms with E-state index in [0.717, 1.165) is 41.5 Å². The molecule has 2 aromatic rings. The van der Waals surface area contributed by atoms with Crippen molar-refractivity contribution in [2.24, 2.45) is 0 Å².